The Morgan fingerprint density at radius 1 is 0.897 bits per heavy atom. The number of hydrogen-bond donors (Lipinski definition) is 2. The molecule has 2 aromatic rings. The second-order valence-electron chi connectivity index (χ2n) is 9.47. The number of para-hydroxylation sites is 1. The Morgan fingerprint density at radius 2 is 1.54 bits per heavy atom. The fourth-order valence-corrected chi connectivity index (χ4v) is 5.23. The Bertz CT molecular complexity index is 1230. The molecule has 0 radical (unpaired) electrons. The minimum atomic E-state index is -5.77. The maximum Gasteiger partial charge on any atom is 0.458 e. The van der Waals surface area contributed by atoms with Gasteiger partial charge in [0.15, 0.2) is 0 Å². The van der Waals surface area contributed by atoms with Gasteiger partial charge in [-0.3, -0.25) is 9.59 Å². The SMILES string of the molecule is FC(F)(F)c1ccccc1Nc1cc2c3c(c1)[C@@H]1CNC[C@@H]1CN3CCC2.O=C(C(=O)C(F)(F)F)C(F)(F)F. The van der Waals surface area contributed by atoms with Crippen LogP contribution in [0.25, 0.3) is 0 Å². The van der Waals surface area contributed by atoms with Crippen LogP contribution >= 0.6 is 0 Å². The molecule has 5 nitrogen and oxygen atoms in total. The number of carbonyl (C=O) groups excluding carboxylic acids is 2. The highest BCUT2D eigenvalue weighted by Gasteiger charge is 2.54. The van der Waals surface area contributed by atoms with Gasteiger partial charge < -0.3 is 15.5 Å². The molecule has 0 unspecified atom stereocenters. The molecule has 212 valence electrons. The molecule has 1 saturated heterocycles. The normalized spacial score (nSPS) is 20.4. The largest absolute Gasteiger partial charge is 0.458 e. The van der Waals surface area contributed by atoms with Crippen molar-refractivity contribution in [2.75, 3.05) is 36.4 Å². The van der Waals surface area contributed by atoms with Crippen molar-refractivity contribution in [3.63, 3.8) is 0 Å². The molecule has 2 aromatic carbocycles. The average Bonchev–Trinajstić information content (AvgIpc) is 3.31. The van der Waals surface area contributed by atoms with Crippen molar-refractivity contribution in [3.8, 4) is 0 Å². The van der Waals surface area contributed by atoms with E-state index >= 15 is 0 Å². The van der Waals surface area contributed by atoms with E-state index in [1.165, 1.54) is 28.9 Å². The van der Waals surface area contributed by atoms with Gasteiger partial charge in [-0.1, -0.05) is 12.1 Å². The first-order valence-electron chi connectivity index (χ1n) is 11.9. The molecule has 1 fully saturated rings. The summed E-state index contributed by atoms with van der Waals surface area (Å²) < 4.78 is 107. The highest BCUT2D eigenvalue weighted by molar-refractivity contribution is 6.41. The molecule has 0 aromatic heterocycles. The van der Waals surface area contributed by atoms with Crippen molar-refractivity contribution in [3.05, 3.63) is 53.1 Å². The zero-order valence-corrected chi connectivity index (χ0v) is 20.0. The Labute approximate surface area is 216 Å². The van der Waals surface area contributed by atoms with Gasteiger partial charge in [0.25, 0.3) is 0 Å². The fraction of sp³-hybridized carbons (Fsp3) is 0.440. The first-order chi connectivity index (χ1) is 18.1. The Kier molecular flexibility index (Phi) is 7.63. The van der Waals surface area contributed by atoms with Crippen molar-refractivity contribution in [2.24, 2.45) is 5.92 Å². The van der Waals surface area contributed by atoms with Gasteiger partial charge in [-0.25, -0.2) is 0 Å². The summed E-state index contributed by atoms with van der Waals surface area (Å²) in [6.07, 6.45) is -13.8. The number of carbonyl (C=O) groups is 2. The van der Waals surface area contributed by atoms with Crippen molar-refractivity contribution >= 4 is 28.6 Å². The molecule has 14 heteroatoms. The summed E-state index contributed by atoms with van der Waals surface area (Å²) in [7, 11) is 0. The Hall–Kier alpha value is -3.29. The van der Waals surface area contributed by atoms with Gasteiger partial charge in [-0.2, -0.15) is 39.5 Å². The van der Waals surface area contributed by atoms with E-state index in [4.69, 9.17) is 0 Å². The third kappa shape index (κ3) is 6.15. The molecule has 3 aliphatic heterocycles. The van der Waals surface area contributed by atoms with Crippen molar-refractivity contribution < 1.29 is 49.1 Å². The summed E-state index contributed by atoms with van der Waals surface area (Å²) >= 11 is 0. The zero-order chi connectivity index (χ0) is 28.8. The maximum atomic E-state index is 13.4. The number of fused-ring (bicyclic) bond motifs is 2. The molecule has 0 saturated carbocycles. The van der Waals surface area contributed by atoms with Gasteiger partial charge in [0.2, 0.25) is 0 Å². The molecule has 2 N–H and O–H groups in total. The van der Waals surface area contributed by atoms with Crippen molar-refractivity contribution in [2.45, 2.75) is 37.3 Å². The molecular formula is C25H22F9N3O2. The van der Waals surface area contributed by atoms with E-state index in [1.807, 2.05) is 6.07 Å². The van der Waals surface area contributed by atoms with Gasteiger partial charge in [-0.15, -0.1) is 0 Å². The summed E-state index contributed by atoms with van der Waals surface area (Å²) in [6, 6.07) is 9.81. The highest BCUT2D eigenvalue weighted by Crippen LogP contribution is 2.46. The number of hydrogen-bond acceptors (Lipinski definition) is 5. The van der Waals surface area contributed by atoms with Crippen LogP contribution in [0.15, 0.2) is 36.4 Å². The standard InChI is InChI=1S/C21H22F3N3.C4F6O2/c22-21(23,24)18-5-1-2-6-19(18)26-15-8-13-4-3-7-27-12-14-10-25-11-17(14)16(9-15)20(13)27;5-3(6,7)1(11)2(12)4(8,9)10/h1-2,5-6,8-9,14,17,25-26H,3-4,7,10-12H2;/t14-,17-;/m1./s1. The van der Waals surface area contributed by atoms with Gasteiger partial charge in [0, 0.05) is 43.5 Å². The highest BCUT2D eigenvalue weighted by atomic mass is 19.4. The monoisotopic (exact) mass is 567 g/mol. The fourth-order valence-electron chi connectivity index (χ4n) is 5.23. The second-order valence-corrected chi connectivity index (χ2v) is 9.47. The topological polar surface area (TPSA) is 61.4 Å². The summed E-state index contributed by atoms with van der Waals surface area (Å²) in [5, 5.41) is 6.56. The summed E-state index contributed by atoms with van der Waals surface area (Å²) in [5.74, 6) is -5.78. The number of anilines is 3. The van der Waals surface area contributed by atoms with Crippen molar-refractivity contribution in [1.82, 2.24) is 5.32 Å². The molecule has 0 bridgehead atoms. The minimum absolute atomic E-state index is 0.113. The quantitative estimate of drug-likeness (QED) is 0.365. The maximum absolute atomic E-state index is 13.4. The average molecular weight is 567 g/mol. The smallest absolute Gasteiger partial charge is 0.371 e. The van der Waals surface area contributed by atoms with Crippen LogP contribution in [-0.4, -0.2) is 50.1 Å². The molecule has 0 amide bonds. The van der Waals surface area contributed by atoms with Gasteiger partial charge in [0.1, 0.15) is 0 Å². The van der Waals surface area contributed by atoms with Crippen LogP contribution in [0.1, 0.15) is 29.0 Å². The lowest BCUT2D eigenvalue weighted by molar-refractivity contribution is -0.193. The summed E-state index contributed by atoms with van der Waals surface area (Å²) in [5.41, 5.74) is 4.13. The number of rotatable bonds is 3. The number of nitrogens with one attached hydrogen (secondary N) is 2. The van der Waals surface area contributed by atoms with Crippen LogP contribution in [0, 0.1) is 5.92 Å². The number of ketones is 2. The van der Waals surface area contributed by atoms with Crippen LogP contribution in [0.3, 0.4) is 0 Å². The predicted octanol–water partition coefficient (Wildman–Crippen LogP) is 5.77. The van der Waals surface area contributed by atoms with Crippen LogP contribution in [0.2, 0.25) is 0 Å². The lowest BCUT2D eigenvalue weighted by Crippen LogP contribution is -2.41. The molecule has 0 aliphatic carbocycles. The Balaban J connectivity index is 0.000000251. The lowest BCUT2D eigenvalue weighted by atomic mass is 9.80. The van der Waals surface area contributed by atoms with Crippen LogP contribution in [0.4, 0.5) is 56.6 Å². The van der Waals surface area contributed by atoms with E-state index in [9.17, 15) is 49.1 Å². The van der Waals surface area contributed by atoms with Crippen LogP contribution in [-0.2, 0) is 22.2 Å². The predicted molar refractivity (Wildman–Crippen MR) is 123 cm³/mol. The van der Waals surface area contributed by atoms with E-state index in [1.54, 1.807) is 6.07 Å². The first-order valence-corrected chi connectivity index (χ1v) is 11.9. The Morgan fingerprint density at radius 3 is 2.15 bits per heavy atom. The number of halogens is 9. The number of Topliss-reactive ketones (excluding diaryl/α,β-unsaturated/α-hetero) is 2. The van der Waals surface area contributed by atoms with E-state index in [2.05, 4.69) is 21.6 Å². The number of benzene rings is 2. The van der Waals surface area contributed by atoms with E-state index in [-0.39, 0.29) is 5.69 Å². The van der Waals surface area contributed by atoms with Crippen molar-refractivity contribution in [1.29, 1.82) is 0 Å². The number of alkyl halides is 9. The van der Waals surface area contributed by atoms with Gasteiger partial charge >= 0.3 is 30.1 Å². The van der Waals surface area contributed by atoms with Crippen LogP contribution in [0.5, 0.6) is 0 Å². The summed E-state index contributed by atoms with van der Waals surface area (Å²) in [4.78, 5) is 21.7. The van der Waals surface area contributed by atoms with Crippen LogP contribution < -0.4 is 15.5 Å². The van der Waals surface area contributed by atoms with Gasteiger partial charge in [0.05, 0.1) is 11.3 Å². The lowest BCUT2D eigenvalue weighted by Gasteiger charge is -2.42. The van der Waals surface area contributed by atoms with E-state index in [0.29, 0.717) is 11.8 Å². The molecule has 3 heterocycles. The van der Waals surface area contributed by atoms with E-state index in [0.717, 1.165) is 50.8 Å². The van der Waals surface area contributed by atoms with Gasteiger partial charge in [-0.05, 0) is 54.2 Å². The second kappa shape index (κ2) is 10.4. The molecule has 2 atom stereocenters. The molecule has 0 spiro atoms. The number of nitrogens with zero attached hydrogens (tertiary/aromatic N) is 1. The molecule has 3 aliphatic rings. The number of aryl methyl sites for hydroxylation is 1. The minimum Gasteiger partial charge on any atom is -0.371 e. The first kappa shape index (κ1) is 28.7. The molecular weight excluding hydrogens is 545 g/mol. The molecule has 5 rings (SSSR count). The zero-order valence-electron chi connectivity index (χ0n) is 20.0. The molecule has 39 heavy (non-hydrogen) atoms. The third-order valence-corrected chi connectivity index (χ3v) is 6.84. The van der Waals surface area contributed by atoms with E-state index < -0.39 is 35.7 Å². The third-order valence-electron chi connectivity index (χ3n) is 6.84. The summed E-state index contributed by atoms with van der Waals surface area (Å²) in [6.45, 7) is 4.13.